The molecular weight excluding hydrogens is 1190 g/mol. The van der Waals surface area contributed by atoms with Crippen LogP contribution in [-0.2, 0) is 0 Å². The molecule has 10 heterocycles. The summed E-state index contributed by atoms with van der Waals surface area (Å²) in [5.74, 6) is 1.95. The molecule has 0 saturated carbocycles. The lowest BCUT2D eigenvalue weighted by atomic mass is 10.0. The van der Waals surface area contributed by atoms with Gasteiger partial charge in [0.05, 0.1) is 36.9 Å². The molecule has 4 amide bonds. The normalized spacial score (nSPS) is 19.1. The average molecular weight is 1290 g/mol. The zero-order valence-corrected chi connectivity index (χ0v) is 60.6. The second kappa shape index (κ2) is 28.0. The maximum Gasteiger partial charge on any atom is 0.263 e. The minimum atomic E-state index is -2.57. The largest absolute Gasteiger partial charge is 0.277 e. The molecular formula is C71H98N2O4S6Si2. The molecule has 0 N–H and O–H groups in total. The summed E-state index contributed by atoms with van der Waals surface area (Å²) in [5, 5.41) is 6.40. The van der Waals surface area contributed by atoms with E-state index in [2.05, 4.69) is 93.5 Å². The Kier molecular flexibility index (Phi) is 21.4. The fraction of sp³-hybridized carbons (Fsp3) is 0.606. The van der Waals surface area contributed by atoms with Crippen molar-refractivity contribution in [1.82, 2.24) is 9.80 Å². The smallest absolute Gasteiger partial charge is 0.263 e. The minimum Gasteiger partial charge on any atom is -0.277 e. The average Bonchev–Trinajstić information content (AvgIpc) is 1.57. The van der Waals surface area contributed by atoms with Crippen molar-refractivity contribution in [1.29, 1.82) is 0 Å². The van der Waals surface area contributed by atoms with Crippen molar-refractivity contribution < 1.29 is 19.2 Å². The van der Waals surface area contributed by atoms with Crippen LogP contribution in [0.2, 0.25) is 24.2 Å². The molecule has 10 rings (SSSR count). The first kappa shape index (κ1) is 64.9. The van der Waals surface area contributed by atoms with Gasteiger partial charge in [-0.25, -0.2) is 0 Å². The number of imide groups is 2. The van der Waals surface area contributed by atoms with Crippen molar-refractivity contribution in [3.05, 3.63) is 56.3 Å². The van der Waals surface area contributed by atoms with Gasteiger partial charge < -0.3 is 0 Å². The van der Waals surface area contributed by atoms with Crippen LogP contribution in [0.15, 0.2) is 24.3 Å². The quantitative estimate of drug-likeness (QED) is 0.0229. The van der Waals surface area contributed by atoms with E-state index in [1.807, 2.05) is 52.3 Å². The topological polar surface area (TPSA) is 74.8 Å². The van der Waals surface area contributed by atoms with Crippen LogP contribution >= 0.6 is 68.0 Å². The monoisotopic (exact) mass is 1290 g/mol. The fourth-order valence-corrected chi connectivity index (χ4v) is 39.1. The van der Waals surface area contributed by atoms with Crippen LogP contribution in [0.5, 0.6) is 0 Å². The molecule has 0 bridgehead atoms. The summed E-state index contributed by atoms with van der Waals surface area (Å²) in [5.41, 5.74) is 2.47. The van der Waals surface area contributed by atoms with Crippen LogP contribution in [0.3, 0.4) is 0 Å². The van der Waals surface area contributed by atoms with E-state index in [1.54, 1.807) is 50.2 Å². The third-order valence-electron chi connectivity index (χ3n) is 20.6. The van der Waals surface area contributed by atoms with E-state index in [0.717, 1.165) is 61.4 Å². The van der Waals surface area contributed by atoms with Crippen molar-refractivity contribution in [2.75, 3.05) is 13.6 Å². The second-order valence-electron chi connectivity index (χ2n) is 26.3. The highest BCUT2D eigenvalue weighted by molar-refractivity contribution is 7.35. The number of nitrogens with zero attached hydrogens (tertiary/aromatic N) is 2. The summed E-state index contributed by atoms with van der Waals surface area (Å²) in [6.07, 6.45) is 26.1. The molecule has 460 valence electrons. The second-order valence-corrected chi connectivity index (χ2v) is 41.0. The molecule has 6 aromatic rings. The molecule has 0 fully saturated rings. The molecule has 0 saturated heterocycles. The number of hydrogen-bond acceptors (Lipinski definition) is 10. The predicted octanol–water partition coefficient (Wildman–Crippen LogP) is 20.8. The van der Waals surface area contributed by atoms with Crippen molar-refractivity contribution in [3.8, 4) is 48.8 Å². The molecule has 4 atom stereocenters. The molecule has 4 unspecified atom stereocenters. The number of carbonyl (C=O) groups is 4. The highest BCUT2D eigenvalue weighted by Gasteiger charge is 2.53. The standard InChI is InChI=1S/C71H98N2O4S6Si2/c1-13-22-27-28-29-30-35-73-70(76)59-60(71(73)77)63(83-62(59)51-38-54-65(81-51)64-53(36-44(10)78-64)84(54,40-46(18-6)31-23-14-2)41-47(19-7)32-24-15-3)52-39-56-67(82-52)66-55(37-50(80-66)61-58-57(45(11)79-61)68(74)72(12)69(58)75)85(56,42-48(20-8)33-25-16-4)43-49(21-9)34-26-17-5/h36-39,46-49H,13-35,40-43H2,1-12H3. The first-order valence-corrected chi connectivity index (χ1v) is 43.4. The Balaban J connectivity index is 1.18. The summed E-state index contributed by atoms with van der Waals surface area (Å²) < 4.78 is 0. The molecule has 0 aromatic carbocycles. The van der Waals surface area contributed by atoms with Gasteiger partial charge in [0.2, 0.25) is 0 Å². The number of aryl methyl sites for hydroxylation is 2. The number of rotatable bonds is 34. The number of amides is 4. The van der Waals surface area contributed by atoms with E-state index in [-0.39, 0.29) is 23.6 Å². The molecule has 4 aliphatic heterocycles. The summed E-state index contributed by atoms with van der Waals surface area (Å²) in [7, 11) is -3.25. The molecule has 0 radical (unpaired) electrons. The van der Waals surface area contributed by atoms with Gasteiger partial charge in [-0.2, -0.15) is 0 Å². The summed E-state index contributed by atoms with van der Waals surface area (Å²) in [4.78, 5) is 76.1. The van der Waals surface area contributed by atoms with Crippen LogP contribution in [0.1, 0.15) is 255 Å². The number of carbonyl (C=O) groups excluding carboxylic acids is 4. The van der Waals surface area contributed by atoms with Gasteiger partial charge in [0, 0.05) is 57.5 Å². The van der Waals surface area contributed by atoms with Crippen LogP contribution < -0.4 is 20.7 Å². The number of fused-ring (bicyclic) bond motifs is 8. The minimum absolute atomic E-state index is 0.0918. The summed E-state index contributed by atoms with van der Waals surface area (Å²) in [6, 6.07) is 15.3. The number of thiophene rings is 6. The van der Waals surface area contributed by atoms with Crippen LogP contribution in [0.25, 0.3) is 48.8 Å². The Morgan fingerprint density at radius 1 is 0.376 bits per heavy atom. The fourth-order valence-electron chi connectivity index (χ4n) is 15.6. The van der Waals surface area contributed by atoms with E-state index in [9.17, 15) is 9.59 Å². The van der Waals surface area contributed by atoms with E-state index >= 15 is 9.59 Å². The summed E-state index contributed by atoms with van der Waals surface area (Å²) in [6.45, 7) is 26.1. The third kappa shape index (κ3) is 12.0. The van der Waals surface area contributed by atoms with Gasteiger partial charge in [-0.05, 0) is 113 Å². The first-order chi connectivity index (χ1) is 41.1. The van der Waals surface area contributed by atoms with E-state index < -0.39 is 16.1 Å². The molecule has 6 nitrogen and oxygen atoms in total. The molecule has 6 aromatic heterocycles. The van der Waals surface area contributed by atoms with Crippen molar-refractivity contribution in [2.45, 2.75) is 242 Å². The van der Waals surface area contributed by atoms with Gasteiger partial charge in [0.15, 0.2) is 0 Å². The molecule has 14 heteroatoms. The SMILES string of the molecule is CCCCCCCCN1C(=O)c2c(-c3cc4c(s3)-c3sc(C)cc3[Si]4(CC(CC)CCCC)CC(CC)CCCC)sc(-c3cc4c(s3)-c3sc(-c5sc(C)c6c5C(=O)N(C)C6=O)cc3[Si]4(CC(CC)CCCC)CC(CC)CCCC)c2C1=O. The molecule has 4 aliphatic rings. The Bertz CT molecular complexity index is 3350. The van der Waals surface area contributed by atoms with Crippen molar-refractivity contribution >= 4 is 129 Å². The molecule has 85 heavy (non-hydrogen) atoms. The van der Waals surface area contributed by atoms with Crippen LogP contribution in [0, 0.1) is 37.5 Å². The Hall–Kier alpha value is -3.09. The lowest BCUT2D eigenvalue weighted by Crippen LogP contribution is -2.56. The Labute approximate surface area is 537 Å². The zero-order chi connectivity index (χ0) is 60.5. The predicted molar refractivity (Wildman–Crippen MR) is 378 cm³/mol. The number of unbranched alkanes of at least 4 members (excludes halogenated alkanes) is 9. The highest BCUT2D eigenvalue weighted by atomic mass is 32.1. The molecule has 0 aliphatic carbocycles. The molecule has 0 spiro atoms. The highest BCUT2D eigenvalue weighted by Crippen LogP contribution is 2.56. The Morgan fingerprint density at radius 3 is 1.12 bits per heavy atom. The van der Waals surface area contributed by atoms with Crippen LogP contribution in [0.4, 0.5) is 0 Å². The maximum absolute atomic E-state index is 15.6. The van der Waals surface area contributed by atoms with Gasteiger partial charge in [0.1, 0.15) is 16.1 Å². The number of hydrogen-bond donors (Lipinski definition) is 0. The van der Waals surface area contributed by atoms with Gasteiger partial charge in [-0.15, -0.1) is 68.0 Å². The third-order valence-corrected chi connectivity index (χ3v) is 39.7. The van der Waals surface area contributed by atoms with Crippen molar-refractivity contribution in [3.63, 3.8) is 0 Å². The lowest BCUT2D eigenvalue weighted by Gasteiger charge is -2.35. The van der Waals surface area contributed by atoms with E-state index in [1.165, 1.54) is 173 Å². The van der Waals surface area contributed by atoms with Crippen molar-refractivity contribution in [2.24, 2.45) is 23.7 Å². The Morgan fingerprint density at radius 2 is 0.718 bits per heavy atom. The van der Waals surface area contributed by atoms with Gasteiger partial charge in [0.25, 0.3) is 23.6 Å². The van der Waals surface area contributed by atoms with Gasteiger partial charge in [-0.1, -0.05) is 197 Å². The van der Waals surface area contributed by atoms with E-state index in [4.69, 9.17) is 0 Å². The first-order valence-electron chi connectivity index (χ1n) is 33.7. The zero-order valence-electron chi connectivity index (χ0n) is 53.7. The van der Waals surface area contributed by atoms with Crippen LogP contribution in [-0.4, -0.2) is 63.2 Å². The maximum atomic E-state index is 15.6. The summed E-state index contributed by atoms with van der Waals surface area (Å²) >= 11 is 11.0. The van der Waals surface area contributed by atoms with Gasteiger partial charge in [-0.3, -0.25) is 29.0 Å². The van der Waals surface area contributed by atoms with E-state index in [0.29, 0.717) is 52.5 Å². The lowest BCUT2D eigenvalue weighted by molar-refractivity contribution is 0.0646. The van der Waals surface area contributed by atoms with Gasteiger partial charge >= 0.3 is 0 Å².